The molecule has 0 atom stereocenters. The number of thiocarbonyl (C=S) groups is 1. The maximum absolute atomic E-state index is 5.44. The number of halogens is 1. The lowest BCUT2D eigenvalue weighted by Gasteiger charge is -2.10. The molecule has 1 heterocycles. The quantitative estimate of drug-likeness (QED) is 0.511. The Kier molecular flexibility index (Phi) is 6.47. The Bertz CT molecular complexity index is 907. The summed E-state index contributed by atoms with van der Waals surface area (Å²) < 4.78 is 8.16. The van der Waals surface area contributed by atoms with E-state index < -0.39 is 0 Å². The Morgan fingerprint density at radius 1 is 1.11 bits per heavy atom. The summed E-state index contributed by atoms with van der Waals surface area (Å²) in [5, 5.41) is 11.3. The molecule has 0 saturated heterocycles. The molecular weight excluding hydrogens is 424 g/mol. The topological polar surface area (TPSA) is 51.1 Å². The number of hydrogen-bond donors (Lipinski definition) is 2. The highest BCUT2D eigenvalue weighted by atomic mass is 79.9. The lowest BCUT2D eigenvalue weighted by molar-refractivity contribution is 0.340. The van der Waals surface area contributed by atoms with E-state index in [1.54, 1.807) is 0 Å². The Morgan fingerprint density at radius 2 is 1.81 bits per heavy atom. The van der Waals surface area contributed by atoms with Gasteiger partial charge in [0.25, 0.3) is 0 Å². The molecule has 0 unspecified atom stereocenters. The summed E-state index contributed by atoms with van der Waals surface area (Å²) >= 11 is 8.92. The van der Waals surface area contributed by atoms with Gasteiger partial charge in [0.05, 0.1) is 17.6 Å². The average molecular weight is 445 g/mol. The third kappa shape index (κ3) is 5.55. The largest absolute Gasteiger partial charge is 0.494 e. The van der Waals surface area contributed by atoms with Crippen LogP contribution in [0.4, 0.5) is 11.5 Å². The fourth-order valence-corrected chi connectivity index (χ4v) is 3.14. The molecule has 7 heteroatoms. The number of benzene rings is 2. The molecule has 27 heavy (non-hydrogen) atoms. The highest BCUT2D eigenvalue weighted by molar-refractivity contribution is 9.10. The fourth-order valence-electron chi connectivity index (χ4n) is 2.51. The summed E-state index contributed by atoms with van der Waals surface area (Å²) in [4.78, 5) is 0. The van der Waals surface area contributed by atoms with E-state index in [-0.39, 0.29) is 0 Å². The first-order valence-electron chi connectivity index (χ1n) is 8.63. The van der Waals surface area contributed by atoms with Crippen molar-refractivity contribution in [3.8, 4) is 5.75 Å². The van der Waals surface area contributed by atoms with Gasteiger partial charge in [0.15, 0.2) is 10.9 Å². The van der Waals surface area contributed by atoms with Crippen LogP contribution >= 0.6 is 28.1 Å². The monoisotopic (exact) mass is 444 g/mol. The zero-order valence-electron chi connectivity index (χ0n) is 15.2. The highest BCUT2D eigenvalue weighted by Gasteiger charge is 2.09. The molecule has 140 valence electrons. The number of hydrogen-bond acceptors (Lipinski definition) is 3. The van der Waals surface area contributed by atoms with Crippen molar-refractivity contribution in [3.63, 3.8) is 0 Å². The first kappa shape index (κ1) is 19.4. The number of anilines is 2. The molecule has 0 saturated carbocycles. The summed E-state index contributed by atoms with van der Waals surface area (Å²) in [6, 6.07) is 16.1. The second-order valence-corrected chi connectivity index (χ2v) is 7.31. The molecule has 0 bridgehead atoms. The number of nitrogens with one attached hydrogen (secondary N) is 2. The first-order chi connectivity index (χ1) is 13.0. The van der Waals surface area contributed by atoms with E-state index in [4.69, 9.17) is 17.0 Å². The molecule has 0 spiro atoms. The van der Waals surface area contributed by atoms with E-state index in [9.17, 15) is 0 Å². The molecular formula is C20H21BrN4OS. The Balaban J connectivity index is 1.60. The van der Waals surface area contributed by atoms with Gasteiger partial charge in [-0.15, -0.1) is 0 Å². The lowest BCUT2D eigenvalue weighted by atomic mass is 10.1. The summed E-state index contributed by atoms with van der Waals surface area (Å²) in [6.45, 7) is 5.38. The number of ether oxygens (including phenoxy) is 1. The van der Waals surface area contributed by atoms with Crippen LogP contribution in [0.1, 0.15) is 18.1 Å². The minimum absolute atomic E-state index is 0.473. The second-order valence-electron chi connectivity index (χ2n) is 6.05. The maximum Gasteiger partial charge on any atom is 0.176 e. The third-order valence-electron chi connectivity index (χ3n) is 3.84. The van der Waals surface area contributed by atoms with E-state index in [0.717, 1.165) is 15.9 Å². The standard InChI is InChI=1S/C20H21BrN4OS/c1-3-26-17-10-8-16(9-11-17)22-20(27)23-19-18(21)13-25(24-19)12-15-6-4-14(2)5-7-15/h4-11,13H,3,12H2,1-2H3,(H2,22,23,24,27). The van der Waals surface area contributed by atoms with Crippen LogP contribution in [0.5, 0.6) is 5.75 Å². The van der Waals surface area contributed by atoms with Gasteiger partial charge in [-0.25, -0.2) is 0 Å². The van der Waals surface area contributed by atoms with Crippen LogP contribution in [0.15, 0.2) is 59.2 Å². The van der Waals surface area contributed by atoms with Gasteiger partial charge in [-0.1, -0.05) is 29.8 Å². The van der Waals surface area contributed by atoms with Gasteiger partial charge < -0.3 is 15.4 Å². The Hall–Kier alpha value is -2.38. The summed E-state index contributed by atoms with van der Waals surface area (Å²) in [5.74, 6) is 1.50. The maximum atomic E-state index is 5.44. The van der Waals surface area contributed by atoms with Gasteiger partial charge in [0.1, 0.15) is 5.75 Å². The highest BCUT2D eigenvalue weighted by Crippen LogP contribution is 2.22. The van der Waals surface area contributed by atoms with Crippen molar-refractivity contribution in [1.29, 1.82) is 0 Å². The van der Waals surface area contributed by atoms with Crippen LogP contribution in [-0.4, -0.2) is 21.5 Å². The molecule has 3 rings (SSSR count). The number of nitrogens with zero attached hydrogens (tertiary/aromatic N) is 2. The van der Waals surface area contributed by atoms with Gasteiger partial charge in [0.2, 0.25) is 0 Å². The zero-order valence-corrected chi connectivity index (χ0v) is 17.6. The number of aromatic nitrogens is 2. The van der Waals surface area contributed by atoms with Crippen molar-refractivity contribution in [2.24, 2.45) is 0 Å². The molecule has 0 aliphatic rings. The minimum Gasteiger partial charge on any atom is -0.494 e. The molecule has 5 nitrogen and oxygen atoms in total. The molecule has 2 aromatic carbocycles. The van der Waals surface area contributed by atoms with Gasteiger partial charge in [-0.2, -0.15) is 5.10 Å². The van der Waals surface area contributed by atoms with Crippen LogP contribution in [0.25, 0.3) is 0 Å². The molecule has 1 aromatic heterocycles. The summed E-state index contributed by atoms with van der Waals surface area (Å²) in [6.07, 6.45) is 1.93. The smallest absolute Gasteiger partial charge is 0.176 e. The second kappa shape index (κ2) is 9.01. The lowest BCUT2D eigenvalue weighted by Crippen LogP contribution is -2.19. The van der Waals surface area contributed by atoms with Gasteiger partial charge in [-0.3, -0.25) is 4.68 Å². The van der Waals surface area contributed by atoms with E-state index in [1.165, 1.54) is 11.1 Å². The molecule has 0 fully saturated rings. The van der Waals surface area contributed by atoms with Gasteiger partial charge in [-0.05, 0) is 71.8 Å². The van der Waals surface area contributed by atoms with Gasteiger partial charge in [0, 0.05) is 11.9 Å². The van der Waals surface area contributed by atoms with E-state index in [0.29, 0.717) is 24.1 Å². The fraction of sp³-hybridized carbons (Fsp3) is 0.200. The van der Waals surface area contributed by atoms with Crippen LogP contribution in [-0.2, 0) is 6.54 Å². The molecule has 3 aromatic rings. The van der Waals surface area contributed by atoms with E-state index in [2.05, 4.69) is 62.9 Å². The Labute approximate surface area is 172 Å². The third-order valence-corrected chi connectivity index (χ3v) is 4.62. The van der Waals surface area contributed by atoms with E-state index in [1.807, 2.05) is 42.1 Å². The van der Waals surface area contributed by atoms with Crippen molar-refractivity contribution in [1.82, 2.24) is 9.78 Å². The van der Waals surface area contributed by atoms with Crippen LogP contribution < -0.4 is 15.4 Å². The van der Waals surface area contributed by atoms with Crippen molar-refractivity contribution in [2.75, 3.05) is 17.2 Å². The predicted molar refractivity (Wildman–Crippen MR) is 118 cm³/mol. The zero-order chi connectivity index (χ0) is 19.2. The summed E-state index contributed by atoms with van der Waals surface area (Å²) in [7, 11) is 0. The first-order valence-corrected chi connectivity index (χ1v) is 9.83. The van der Waals surface area contributed by atoms with Crippen molar-refractivity contribution < 1.29 is 4.74 Å². The molecule has 0 amide bonds. The van der Waals surface area contributed by atoms with Crippen molar-refractivity contribution in [2.45, 2.75) is 20.4 Å². The SMILES string of the molecule is CCOc1ccc(NC(=S)Nc2nn(Cc3ccc(C)cc3)cc2Br)cc1. The predicted octanol–water partition coefficient (Wildman–Crippen LogP) is 5.21. The van der Waals surface area contributed by atoms with Crippen molar-refractivity contribution in [3.05, 3.63) is 70.3 Å². The van der Waals surface area contributed by atoms with Crippen LogP contribution in [0.3, 0.4) is 0 Å². The molecule has 0 aliphatic heterocycles. The minimum atomic E-state index is 0.473. The van der Waals surface area contributed by atoms with Gasteiger partial charge >= 0.3 is 0 Å². The summed E-state index contributed by atoms with van der Waals surface area (Å²) in [5.41, 5.74) is 3.32. The van der Waals surface area contributed by atoms with Crippen molar-refractivity contribution >= 4 is 44.8 Å². The Morgan fingerprint density at radius 3 is 2.48 bits per heavy atom. The van der Waals surface area contributed by atoms with Crippen LogP contribution in [0.2, 0.25) is 0 Å². The average Bonchev–Trinajstić information content (AvgIpc) is 2.98. The number of aryl methyl sites for hydroxylation is 1. The van der Waals surface area contributed by atoms with Crippen LogP contribution in [0, 0.1) is 6.92 Å². The normalized spacial score (nSPS) is 10.5. The number of rotatable bonds is 6. The molecule has 0 aliphatic carbocycles. The van der Waals surface area contributed by atoms with E-state index >= 15 is 0 Å². The molecule has 0 radical (unpaired) electrons. The molecule has 2 N–H and O–H groups in total.